The zero-order valence-corrected chi connectivity index (χ0v) is 15.5. The summed E-state index contributed by atoms with van der Waals surface area (Å²) < 4.78 is 0. The van der Waals surface area contributed by atoms with E-state index in [4.69, 9.17) is 0 Å². The van der Waals surface area contributed by atoms with E-state index in [2.05, 4.69) is 57.2 Å². The summed E-state index contributed by atoms with van der Waals surface area (Å²) >= 11 is 0. The van der Waals surface area contributed by atoms with Gasteiger partial charge in [-0.1, -0.05) is 33.1 Å². The molecule has 116 valence electrons. The summed E-state index contributed by atoms with van der Waals surface area (Å²) in [7, 11) is 8.49. The van der Waals surface area contributed by atoms with Gasteiger partial charge < -0.3 is 15.1 Å². The van der Waals surface area contributed by atoms with Crippen LogP contribution in [-0.2, 0) is 0 Å². The summed E-state index contributed by atoms with van der Waals surface area (Å²) in [5.41, 5.74) is 1.40. The van der Waals surface area contributed by atoms with Crippen molar-refractivity contribution in [2.24, 2.45) is 0 Å². The fourth-order valence-corrected chi connectivity index (χ4v) is 2.19. The van der Waals surface area contributed by atoms with Crippen molar-refractivity contribution >= 4 is 17.0 Å². The van der Waals surface area contributed by atoms with Crippen LogP contribution in [-0.4, -0.2) is 44.5 Å². The van der Waals surface area contributed by atoms with E-state index in [0.717, 1.165) is 13.0 Å². The highest BCUT2D eigenvalue weighted by Crippen LogP contribution is 2.15. The van der Waals surface area contributed by atoms with Crippen LogP contribution in [0.1, 0.15) is 52.4 Å². The SMILES string of the molecule is Br.CCCCCC(NCCCC)=C(N(C)C)N(C)C. The first kappa shape index (κ1) is 20.9. The van der Waals surface area contributed by atoms with Crippen LogP contribution >= 0.6 is 17.0 Å². The highest BCUT2D eigenvalue weighted by Gasteiger charge is 2.10. The molecule has 0 saturated carbocycles. The molecule has 0 aliphatic carbocycles. The first-order valence-corrected chi connectivity index (χ1v) is 7.36. The van der Waals surface area contributed by atoms with Crippen molar-refractivity contribution in [1.29, 1.82) is 0 Å². The van der Waals surface area contributed by atoms with Gasteiger partial charge in [-0.15, -0.1) is 17.0 Å². The summed E-state index contributed by atoms with van der Waals surface area (Å²) in [6.07, 6.45) is 7.51. The molecule has 0 radical (unpaired) electrons. The molecule has 0 amide bonds. The molecule has 0 saturated heterocycles. The van der Waals surface area contributed by atoms with Crippen LogP contribution < -0.4 is 5.32 Å². The first-order valence-electron chi connectivity index (χ1n) is 7.36. The third-order valence-corrected chi connectivity index (χ3v) is 3.02. The third kappa shape index (κ3) is 9.20. The minimum Gasteiger partial charge on any atom is -0.385 e. The molecule has 0 aliphatic heterocycles. The van der Waals surface area contributed by atoms with E-state index >= 15 is 0 Å². The van der Waals surface area contributed by atoms with Gasteiger partial charge in [0.05, 0.1) is 5.70 Å². The Labute approximate surface area is 131 Å². The third-order valence-electron chi connectivity index (χ3n) is 3.02. The van der Waals surface area contributed by atoms with Crippen molar-refractivity contribution < 1.29 is 0 Å². The molecule has 4 heteroatoms. The molecule has 0 heterocycles. The second-order valence-corrected chi connectivity index (χ2v) is 5.33. The van der Waals surface area contributed by atoms with Gasteiger partial charge in [0.1, 0.15) is 5.82 Å². The summed E-state index contributed by atoms with van der Waals surface area (Å²) in [6.45, 7) is 5.58. The first-order chi connectivity index (χ1) is 8.54. The van der Waals surface area contributed by atoms with Crippen LogP contribution in [0.15, 0.2) is 11.5 Å². The molecule has 0 aliphatic rings. The summed E-state index contributed by atoms with van der Waals surface area (Å²) in [6, 6.07) is 0. The lowest BCUT2D eigenvalue weighted by atomic mass is 10.1. The van der Waals surface area contributed by atoms with Crippen molar-refractivity contribution in [3.05, 3.63) is 11.5 Å². The predicted octanol–water partition coefficient (Wildman–Crippen LogP) is 3.83. The smallest absolute Gasteiger partial charge is 0.122 e. The standard InChI is InChI=1S/C15H33N3.BrH/c1-7-9-11-12-14(16-13-10-8-2)15(17(3)4)18(5)6;/h16H,7-13H2,1-6H3;1H. The lowest BCUT2D eigenvalue weighted by Crippen LogP contribution is -2.31. The van der Waals surface area contributed by atoms with Crippen LogP contribution in [0.4, 0.5) is 0 Å². The molecule has 0 rings (SSSR count). The molecule has 1 N–H and O–H groups in total. The monoisotopic (exact) mass is 335 g/mol. The quantitative estimate of drug-likeness (QED) is 0.612. The summed E-state index contributed by atoms with van der Waals surface area (Å²) in [5, 5.41) is 3.64. The van der Waals surface area contributed by atoms with Gasteiger partial charge in [0.2, 0.25) is 0 Å². The minimum absolute atomic E-state index is 0. The van der Waals surface area contributed by atoms with Crippen LogP contribution in [0.2, 0.25) is 0 Å². The van der Waals surface area contributed by atoms with E-state index in [0.29, 0.717) is 0 Å². The Kier molecular flexibility index (Phi) is 13.9. The number of hydrogen-bond acceptors (Lipinski definition) is 3. The van der Waals surface area contributed by atoms with E-state index in [1.165, 1.54) is 43.6 Å². The Morgan fingerprint density at radius 2 is 1.37 bits per heavy atom. The van der Waals surface area contributed by atoms with Gasteiger partial charge in [0.15, 0.2) is 0 Å². The molecular formula is C15H34BrN3. The van der Waals surface area contributed by atoms with Gasteiger partial charge in [0.25, 0.3) is 0 Å². The Morgan fingerprint density at radius 3 is 1.79 bits per heavy atom. The van der Waals surface area contributed by atoms with Gasteiger partial charge in [-0.3, -0.25) is 0 Å². The molecule has 0 aromatic heterocycles. The molecule has 0 aromatic carbocycles. The maximum absolute atomic E-state index is 3.64. The zero-order chi connectivity index (χ0) is 14.0. The van der Waals surface area contributed by atoms with Crippen molar-refractivity contribution in [2.45, 2.75) is 52.4 Å². The van der Waals surface area contributed by atoms with E-state index in [1.807, 2.05) is 0 Å². The number of unbranched alkanes of at least 4 members (excludes halogenated alkanes) is 3. The van der Waals surface area contributed by atoms with Gasteiger partial charge in [-0.2, -0.15) is 0 Å². The van der Waals surface area contributed by atoms with E-state index in [-0.39, 0.29) is 17.0 Å². The number of allylic oxidation sites excluding steroid dienone is 1. The second kappa shape index (κ2) is 12.6. The van der Waals surface area contributed by atoms with Crippen molar-refractivity contribution in [3.8, 4) is 0 Å². The normalized spacial score (nSPS) is 9.58. The number of hydrogen-bond donors (Lipinski definition) is 1. The molecular weight excluding hydrogens is 302 g/mol. The molecule has 0 spiro atoms. The van der Waals surface area contributed by atoms with E-state index < -0.39 is 0 Å². The Balaban J connectivity index is 0. The van der Waals surface area contributed by atoms with Gasteiger partial charge in [0, 0.05) is 34.7 Å². The van der Waals surface area contributed by atoms with Crippen LogP contribution in [0.25, 0.3) is 0 Å². The second-order valence-electron chi connectivity index (χ2n) is 5.33. The fourth-order valence-electron chi connectivity index (χ4n) is 2.19. The van der Waals surface area contributed by atoms with Crippen LogP contribution in [0.3, 0.4) is 0 Å². The lowest BCUT2D eigenvalue weighted by molar-refractivity contribution is 0.327. The predicted molar refractivity (Wildman–Crippen MR) is 91.8 cm³/mol. The van der Waals surface area contributed by atoms with Crippen molar-refractivity contribution in [1.82, 2.24) is 15.1 Å². The summed E-state index contributed by atoms with van der Waals surface area (Å²) in [5.74, 6) is 1.31. The molecule has 0 atom stereocenters. The van der Waals surface area contributed by atoms with Crippen molar-refractivity contribution in [3.63, 3.8) is 0 Å². The Bertz CT molecular complexity index is 216. The van der Waals surface area contributed by atoms with E-state index in [1.54, 1.807) is 0 Å². The highest BCUT2D eigenvalue weighted by molar-refractivity contribution is 8.93. The minimum atomic E-state index is 0. The van der Waals surface area contributed by atoms with Gasteiger partial charge in [-0.25, -0.2) is 0 Å². The average Bonchev–Trinajstić information content (AvgIpc) is 2.28. The fraction of sp³-hybridized carbons (Fsp3) is 0.867. The lowest BCUT2D eigenvalue weighted by Gasteiger charge is -2.29. The zero-order valence-electron chi connectivity index (χ0n) is 13.8. The summed E-state index contributed by atoms with van der Waals surface area (Å²) in [4.78, 5) is 4.42. The van der Waals surface area contributed by atoms with E-state index in [9.17, 15) is 0 Å². The number of nitrogens with one attached hydrogen (secondary N) is 1. The molecule has 19 heavy (non-hydrogen) atoms. The maximum Gasteiger partial charge on any atom is 0.122 e. The maximum atomic E-state index is 3.64. The van der Waals surface area contributed by atoms with Crippen molar-refractivity contribution in [2.75, 3.05) is 34.7 Å². The Hall–Kier alpha value is -0.380. The number of rotatable bonds is 10. The van der Waals surface area contributed by atoms with Gasteiger partial charge in [-0.05, 0) is 19.3 Å². The largest absolute Gasteiger partial charge is 0.385 e. The van der Waals surface area contributed by atoms with Crippen LogP contribution in [0, 0.1) is 0 Å². The molecule has 0 bridgehead atoms. The average molecular weight is 336 g/mol. The highest BCUT2D eigenvalue weighted by atomic mass is 79.9. The molecule has 0 aromatic rings. The number of halogens is 1. The van der Waals surface area contributed by atoms with Gasteiger partial charge >= 0.3 is 0 Å². The molecule has 3 nitrogen and oxygen atoms in total. The molecule has 0 fully saturated rings. The Morgan fingerprint density at radius 1 is 0.842 bits per heavy atom. The molecule has 0 unspecified atom stereocenters. The number of nitrogens with zero attached hydrogens (tertiary/aromatic N) is 2. The topological polar surface area (TPSA) is 18.5 Å². The van der Waals surface area contributed by atoms with Crippen LogP contribution in [0.5, 0.6) is 0 Å².